The van der Waals surface area contributed by atoms with Gasteiger partial charge in [0.25, 0.3) is 0 Å². The van der Waals surface area contributed by atoms with Gasteiger partial charge in [-0.25, -0.2) is 15.0 Å². The largest absolute Gasteiger partial charge is 0.208 e. The van der Waals surface area contributed by atoms with Gasteiger partial charge in [0.05, 0.1) is 0 Å². The molecule has 0 unspecified atom stereocenters. The second-order valence-electron chi connectivity index (χ2n) is 18.0. The fraction of sp³-hybridized carbons (Fsp3) is 0.175. The summed E-state index contributed by atoms with van der Waals surface area (Å²) in [4.78, 5) is 15.0. The fourth-order valence-corrected chi connectivity index (χ4v) is 12.7. The van der Waals surface area contributed by atoms with Gasteiger partial charge in [-0.3, -0.25) is 0 Å². The van der Waals surface area contributed by atoms with E-state index in [-0.39, 0.29) is 5.41 Å². The van der Waals surface area contributed by atoms with Crippen molar-refractivity contribution in [1.82, 2.24) is 15.0 Å². The van der Waals surface area contributed by atoms with E-state index in [1.807, 2.05) is 36.4 Å². The van der Waals surface area contributed by atoms with Gasteiger partial charge in [-0.05, 0) is 140 Å². The standard InChI is InChI=1S/C57H43N3/c1-3-14-38(15-4-1)54-58-55(39-16-5-2-6-17-39)60-56(59-54)43-21-12-19-41(33-43)40-18-11-20-42(32-40)49-34-51-53(48-24-10-9-23-47(48)49)52-46-22-8-7-13-37(46)25-26-50(52)57(51)44-28-35-27-36(30-44)31-45(57)29-35/h1-26,32-36,44-45H,27-31H2. The maximum absolute atomic E-state index is 5.05. The van der Waals surface area contributed by atoms with Crippen LogP contribution in [-0.4, -0.2) is 15.0 Å². The molecule has 1 heterocycles. The van der Waals surface area contributed by atoms with Crippen LogP contribution in [0.2, 0.25) is 0 Å². The normalized spacial score (nSPS) is 22.1. The molecule has 3 heteroatoms. The average molecular weight is 770 g/mol. The topological polar surface area (TPSA) is 38.7 Å². The highest BCUT2D eigenvalue weighted by Gasteiger charge is 2.62. The van der Waals surface area contributed by atoms with Gasteiger partial charge in [-0.2, -0.15) is 0 Å². The Labute approximate surface area is 350 Å². The number of nitrogens with zero attached hydrogens (tertiary/aromatic N) is 3. The molecular formula is C57H43N3. The zero-order valence-electron chi connectivity index (χ0n) is 33.4. The predicted molar refractivity (Wildman–Crippen MR) is 245 cm³/mol. The summed E-state index contributed by atoms with van der Waals surface area (Å²) in [6.45, 7) is 0. The predicted octanol–water partition coefficient (Wildman–Crippen LogP) is 14.2. The van der Waals surface area contributed by atoms with Gasteiger partial charge in [-0.15, -0.1) is 0 Å². The van der Waals surface area contributed by atoms with Crippen molar-refractivity contribution >= 4 is 21.5 Å². The minimum absolute atomic E-state index is 0.0641. The lowest BCUT2D eigenvalue weighted by Gasteiger charge is -2.61. The molecular weight excluding hydrogens is 727 g/mol. The van der Waals surface area contributed by atoms with E-state index in [1.54, 1.807) is 11.1 Å². The molecule has 4 saturated carbocycles. The van der Waals surface area contributed by atoms with Crippen molar-refractivity contribution in [2.24, 2.45) is 23.7 Å². The molecule has 0 saturated heterocycles. The first-order valence-corrected chi connectivity index (χ1v) is 21.9. The Bertz CT molecular complexity index is 3080. The highest BCUT2D eigenvalue weighted by Crippen LogP contribution is 2.71. The van der Waals surface area contributed by atoms with E-state index in [9.17, 15) is 0 Å². The van der Waals surface area contributed by atoms with Crippen LogP contribution < -0.4 is 0 Å². The molecule has 0 aliphatic heterocycles. The first-order valence-electron chi connectivity index (χ1n) is 21.9. The second-order valence-corrected chi connectivity index (χ2v) is 18.0. The lowest BCUT2D eigenvalue weighted by atomic mass is 9.43. The molecule has 8 aromatic carbocycles. The Hall–Kier alpha value is -6.71. The molecule has 9 aromatic rings. The van der Waals surface area contributed by atoms with Crippen molar-refractivity contribution in [3.05, 3.63) is 187 Å². The molecule has 14 rings (SSSR count). The maximum atomic E-state index is 5.05. The number of rotatable bonds is 5. The average Bonchev–Trinajstić information content (AvgIpc) is 3.62. The van der Waals surface area contributed by atoms with E-state index in [2.05, 4.69) is 140 Å². The zero-order valence-corrected chi connectivity index (χ0v) is 33.4. The van der Waals surface area contributed by atoms with Crippen LogP contribution in [0.15, 0.2) is 176 Å². The quantitative estimate of drug-likeness (QED) is 0.175. The summed E-state index contributed by atoms with van der Waals surface area (Å²) in [5.41, 5.74) is 14.1. The summed E-state index contributed by atoms with van der Waals surface area (Å²) in [7, 11) is 0. The van der Waals surface area contributed by atoms with Crippen LogP contribution in [0.25, 0.3) is 89.1 Å². The highest BCUT2D eigenvalue weighted by molar-refractivity contribution is 6.14. The van der Waals surface area contributed by atoms with Crippen LogP contribution >= 0.6 is 0 Å². The van der Waals surface area contributed by atoms with Crippen LogP contribution in [0, 0.1) is 23.7 Å². The third-order valence-electron chi connectivity index (χ3n) is 14.9. The molecule has 60 heavy (non-hydrogen) atoms. The number of hydrogen-bond acceptors (Lipinski definition) is 3. The summed E-state index contributed by atoms with van der Waals surface area (Å²) in [6, 6.07) is 64.4. The summed E-state index contributed by atoms with van der Waals surface area (Å²) in [6.07, 6.45) is 6.93. The van der Waals surface area contributed by atoms with Crippen molar-refractivity contribution in [2.45, 2.75) is 37.5 Å². The summed E-state index contributed by atoms with van der Waals surface area (Å²) < 4.78 is 0. The Morgan fingerprint density at radius 2 is 0.833 bits per heavy atom. The van der Waals surface area contributed by atoms with Gasteiger partial charge in [0.15, 0.2) is 17.5 Å². The lowest BCUT2D eigenvalue weighted by molar-refractivity contribution is -0.0398. The van der Waals surface area contributed by atoms with Crippen LogP contribution in [0.5, 0.6) is 0 Å². The van der Waals surface area contributed by atoms with Gasteiger partial charge in [0, 0.05) is 22.1 Å². The summed E-state index contributed by atoms with van der Waals surface area (Å²) in [5, 5.41) is 5.47. The van der Waals surface area contributed by atoms with Crippen molar-refractivity contribution in [1.29, 1.82) is 0 Å². The third-order valence-corrected chi connectivity index (χ3v) is 14.9. The Morgan fingerprint density at radius 1 is 0.350 bits per heavy atom. The van der Waals surface area contributed by atoms with Crippen molar-refractivity contribution in [2.75, 3.05) is 0 Å². The molecule has 3 nitrogen and oxygen atoms in total. The molecule has 4 fully saturated rings. The van der Waals surface area contributed by atoms with E-state index in [1.165, 1.54) is 81.5 Å². The van der Waals surface area contributed by atoms with Gasteiger partial charge >= 0.3 is 0 Å². The smallest absolute Gasteiger partial charge is 0.164 e. The molecule has 0 N–H and O–H groups in total. The molecule has 1 spiro atoms. The molecule has 1 aromatic heterocycles. The van der Waals surface area contributed by atoms with Gasteiger partial charge < -0.3 is 0 Å². The number of aromatic nitrogens is 3. The lowest BCUT2D eigenvalue weighted by Crippen LogP contribution is -2.55. The summed E-state index contributed by atoms with van der Waals surface area (Å²) >= 11 is 0. The zero-order chi connectivity index (χ0) is 39.4. The maximum Gasteiger partial charge on any atom is 0.164 e. The second kappa shape index (κ2) is 13.1. The Kier molecular flexibility index (Phi) is 7.49. The van der Waals surface area contributed by atoms with Gasteiger partial charge in [0.1, 0.15) is 0 Å². The van der Waals surface area contributed by atoms with E-state index in [0.717, 1.165) is 34.1 Å². The Morgan fingerprint density at radius 3 is 1.48 bits per heavy atom. The van der Waals surface area contributed by atoms with Crippen molar-refractivity contribution in [3.63, 3.8) is 0 Å². The highest BCUT2D eigenvalue weighted by atomic mass is 15.0. The van der Waals surface area contributed by atoms with Crippen LogP contribution in [-0.2, 0) is 5.41 Å². The first-order chi connectivity index (χ1) is 29.7. The third kappa shape index (κ3) is 5.05. The van der Waals surface area contributed by atoms with Crippen LogP contribution in [0.1, 0.15) is 43.2 Å². The van der Waals surface area contributed by atoms with Crippen LogP contribution in [0.3, 0.4) is 0 Å². The fourth-order valence-electron chi connectivity index (χ4n) is 12.7. The number of fused-ring (bicyclic) bond motifs is 7. The first kappa shape index (κ1) is 34.2. The molecule has 0 amide bonds. The van der Waals surface area contributed by atoms with E-state index in [0.29, 0.717) is 29.3 Å². The van der Waals surface area contributed by atoms with Crippen molar-refractivity contribution < 1.29 is 0 Å². The van der Waals surface area contributed by atoms with E-state index in [4.69, 9.17) is 15.0 Å². The SMILES string of the molecule is c1ccc(-c2nc(-c3ccccc3)nc(-c3cccc(-c4cccc(-c5cc6c(c7ccccc57)-c5c(ccc7ccccc57)C65C6CC7CC(C6)CC5C7)c4)c3)n2)cc1. The van der Waals surface area contributed by atoms with Crippen LogP contribution in [0.4, 0.5) is 0 Å². The molecule has 286 valence electrons. The monoisotopic (exact) mass is 769 g/mol. The van der Waals surface area contributed by atoms with E-state index < -0.39 is 0 Å². The summed E-state index contributed by atoms with van der Waals surface area (Å²) in [5.74, 6) is 5.18. The minimum Gasteiger partial charge on any atom is -0.208 e. The van der Waals surface area contributed by atoms with Crippen molar-refractivity contribution in [3.8, 4) is 67.5 Å². The van der Waals surface area contributed by atoms with Gasteiger partial charge in [-0.1, -0.05) is 158 Å². The molecule has 5 aliphatic carbocycles. The number of benzene rings is 8. The van der Waals surface area contributed by atoms with Gasteiger partial charge in [0.2, 0.25) is 0 Å². The minimum atomic E-state index is 0.0641. The van der Waals surface area contributed by atoms with E-state index >= 15 is 0 Å². The molecule has 5 aliphatic rings. The molecule has 0 radical (unpaired) electrons. The number of hydrogen-bond donors (Lipinski definition) is 0. The molecule has 4 bridgehead atoms. The molecule has 0 atom stereocenters. The Balaban J connectivity index is 0.975.